The number of hydrogen-bond donors (Lipinski definition) is 1. The minimum absolute atomic E-state index is 0.420. The predicted octanol–water partition coefficient (Wildman–Crippen LogP) is 3.42. The molecule has 1 fully saturated rings. The minimum Gasteiger partial charge on any atom is -0.477 e. The molecule has 1 aliphatic rings. The van der Waals surface area contributed by atoms with Gasteiger partial charge in [-0.1, -0.05) is 31.1 Å². The second-order valence-electron chi connectivity index (χ2n) is 5.16. The Labute approximate surface area is 118 Å². The number of carbonyl (C=O) groups is 1. The standard InChI is InChI=1S/C14H22N2O2S/c1-3-6-11-12(13(17)18)19-14(15-11)16(4-2)9-10-7-5-8-10/h10H,3-9H2,1-2H3,(H,17,18). The third-order valence-corrected chi connectivity index (χ3v) is 4.87. The fourth-order valence-electron chi connectivity index (χ4n) is 2.38. The van der Waals surface area contributed by atoms with Crippen LogP contribution in [-0.2, 0) is 6.42 Å². The van der Waals surface area contributed by atoms with Gasteiger partial charge in [0.05, 0.1) is 5.69 Å². The Balaban J connectivity index is 2.16. The number of nitrogens with zero attached hydrogens (tertiary/aromatic N) is 2. The van der Waals surface area contributed by atoms with Crippen molar-refractivity contribution in [1.29, 1.82) is 0 Å². The Bertz CT molecular complexity index is 441. The van der Waals surface area contributed by atoms with Gasteiger partial charge in [0, 0.05) is 13.1 Å². The van der Waals surface area contributed by atoms with E-state index in [1.54, 1.807) is 0 Å². The van der Waals surface area contributed by atoms with E-state index in [0.29, 0.717) is 4.88 Å². The van der Waals surface area contributed by atoms with E-state index in [4.69, 9.17) is 0 Å². The number of carboxylic acids is 1. The summed E-state index contributed by atoms with van der Waals surface area (Å²) < 4.78 is 0. The molecule has 1 heterocycles. The van der Waals surface area contributed by atoms with Crippen LogP contribution in [0.3, 0.4) is 0 Å². The molecule has 1 aromatic rings. The van der Waals surface area contributed by atoms with Crippen molar-refractivity contribution < 1.29 is 9.90 Å². The molecule has 0 atom stereocenters. The van der Waals surface area contributed by atoms with E-state index >= 15 is 0 Å². The Morgan fingerprint density at radius 1 is 1.47 bits per heavy atom. The summed E-state index contributed by atoms with van der Waals surface area (Å²) in [6.45, 7) is 6.08. The molecule has 0 bridgehead atoms. The first-order chi connectivity index (χ1) is 9.15. The summed E-state index contributed by atoms with van der Waals surface area (Å²) in [5.41, 5.74) is 0.752. The molecule has 1 aliphatic carbocycles. The van der Waals surface area contributed by atoms with E-state index in [0.717, 1.165) is 42.7 Å². The van der Waals surface area contributed by atoms with Gasteiger partial charge in [-0.3, -0.25) is 0 Å². The maximum absolute atomic E-state index is 11.3. The monoisotopic (exact) mass is 282 g/mol. The average Bonchev–Trinajstić information content (AvgIpc) is 2.72. The van der Waals surface area contributed by atoms with Gasteiger partial charge in [-0.25, -0.2) is 9.78 Å². The second-order valence-corrected chi connectivity index (χ2v) is 6.14. The van der Waals surface area contributed by atoms with Gasteiger partial charge in [0.1, 0.15) is 4.88 Å². The Hall–Kier alpha value is -1.10. The van der Waals surface area contributed by atoms with E-state index in [-0.39, 0.29) is 0 Å². The van der Waals surface area contributed by atoms with Crippen molar-refractivity contribution in [3.63, 3.8) is 0 Å². The summed E-state index contributed by atoms with van der Waals surface area (Å²) in [5.74, 6) is -0.0707. The van der Waals surface area contributed by atoms with Crippen LogP contribution in [0.2, 0.25) is 0 Å². The van der Waals surface area contributed by atoms with Crippen molar-refractivity contribution in [2.45, 2.75) is 46.0 Å². The highest BCUT2D eigenvalue weighted by molar-refractivity contribution is 7.17. The van der Waals surface area contributed by atoms with Crippen LogP contribution in [0.5, 0.6) is 0 Å². The predicted molar refractivity (Wildman–Crippen MR) is 78.3 cm³/mol. The first-order valence-corrected chi connectivity index (χ1v) is 7.95. The fourth-order valence-corrected chi connectivity index (χ4v) is 3.40. The van der Waals surface area contributed by atoms with E-state index < -0.39 is 5.97 Å². The summed E-state index contributed by atoms with van der Waals surface area (Å²) >= 11 is 1.33. The zero-order valence-corrected chi connectivity index (χ0v) is 12.5. The van der Waals surface area contributed by atoms with Crippen molar-refractivity contribution in [2.24, 2.45) is 5.92 Å². The van der Waals surface area contributed by atoms with Crippen molar-refractivity contribution in [3.8, 4) is 0 Å². The van der Waals surface area contributed by atoms with Crippen LogP contribution < -0.4 is 4.90 Å². The normalized spacial score (nSPS) is 15.3. The molecule has 1 N–H and O–H groups in total. The van der Waals surface area contributed by atoms with E-state index in [9.17, 15) is 9.90 Å². The Morgan fingerprint density at radius 2 is 2.21 bits per heavy atom. The van der Waals surface area contributed by atoms with Crippen LogP contribution in [-0.4, -0.2) is 29.1 Å². The van der Waals surface area contributed by atoms with Crippen molar-refractivity contribution in [3.05, 3.63) is 10.6 Å². The van der Waals surface area contributed by atoms with Gasteiger partial charge in [0.25, 0.3) is 0 Å². The maximum Gasteiger partial charge on any atom is 0.347 e. The van der Waals surface area contributed by atoms with Crippen molar-refractivity contribution >= 4 is 22.4 Å². The highest BCUT2D eigenvalue weighted by Crippen LogP contribution is 2.32. The number of anilines is 1. The van der Waals surface area contributed by atoms with Crippen molar-refractivity contribution in [1.82, 2.24) is 4.98 Å². The third kappa shape index (κ3) is 3.26. The molecule has 1 aromatic heterocycles. The van der Waals surface area contributed by atoms with Gasteiger partial charge in [-0.05, 0) is 32.1 Å². The molecular formula is C14H22N2O2S. The van der Waals surface area contributed by atoms with E-state index in [1.165, 1.54) is 30.6 Å². The highest BCUT2D eigenvalue weighted by Gasteiger charge is 2.24. The topological polar surface area (TPSA) is 53.4 Å². The molecule has 19 heavy (non-hydrogen) atoms. The number of rotatable bonds is 7. The summed E-state index contributed by atoms with van der Waals surface area (Å²) in [4.78, 5) is 18.5. The zero-order chi connectivity index (χ0) is 13.8. The van der Waals surface area contributed by atoms with Crippen LogP contribution >= 0.6 is 11.3 Å². The molecule has 2 rings (SSSR count). The lowest BCUT2D eigenvalue weighted by Crippen LogP contribution is -2.32. The molecule has 0 aliphatic heterocycles. The summed E-state index contributed by atoms with van der Waals surface area (Å²) in [6.07, 6.45) is 5.61. The fraction of sp³-hybridized carbons (Fsp3) is 0.714. The van der Waals surface area contributed by atoms with Gasteiger partial charge in [0.15, 0.2) is 5.13 Å². The summed E-state index contributed by atoms with van der Waals surface area (Å²) in [6, 6.07) is 0. The molecule has 5 heteroatoms. The Morgan fingerprint density at radius 3 is 2.68 bits per heavy atom. The quantitative estimate of drug-likeness (QED) is 0.832. The van der Waals surface area contributed by atoms with Crippen molar-refractivity contribution in [2.75, 3.05) is 18.0 Å². The van der Waals surface area contributed by atoms with Crippen LogP contribution in [0, 0.1) is 5.92 Å². The summed E-state index contributed by atoms with van der Waals surface area (Å²) in [7, 11) is 0. The molecule has 0 unspecified atom stereocenters. The molecule has 0 aromatic carbocycles. The molecule has 0 amide bonds. The second kappa shape index (κ2) is 6.37. The SMILES string of the molecule is CCCc1nc(N(CC)CC2CCC2)sc1C(=O)O. The zero-order valence-electron chi connectivity index (χ0n) is 11.7. The average molecular weight is 282 g/mol. The maximum atomic E-state index is 11.3. The number of aromatic nitrogens is 1. The van der Waals surface area contributed by atoms with Gasteiger partial charge in [-0.2, -0.15) is 0 Å². The lowest BCUT2D eigenvalue weighted by Gasteiger charge is -2.31. The molecule has 0 saturated heterocycles. The summed E-state index contributed by atoms with van der Waals surface area (Å²) in [5, 5.41) is 10.1. The molecule has 0 radical (unpaired) electrons. The Kier molecular flexibility index (Phi) is 4.80. The largest absolute Gasteiger partial charge is 0.477 e. The van der Waals surface area contributed by atoms with E-state index in [1.807, 2.05) is 0 Å². The number of aromatic carboxylic acids is 1. The molecule has 1 saturated carbocycles. The van der Waals surface area contributed by atoms with Gasteiger partial charge in [0.2, 0.25) is 0 Å². The third-order valence-electron chi connectivity index (χ3n) is 3.72. The lowest BCUT2D eigenvalue weighted by molar-refractivity contribution is 0.0700. The van der Waals surface area contributed by atoms with Gasteiger partial charge >= 0.3 is 5.97 Å². The van der Waals surface area contributed by atoms with Crippen LogP contribution in [0.15, 0.2) is 0 Å². The van der Waals surface area contributed by atoms with Gasteiger partial charge in [-0.15, -0.1) is 0 Å². The van der Waals surface area contributed by atoms with Crippen LogP contribution in [0.25, 0.3) is 0 Å². The number of carboxylic acid groups (broad SMARTS) is 1. The first kappa shape index (κ1) is 14.3. The van der Waals surface area contributed by atoms with E-state index in [2.05, 4.69) is 23.7 Å². The molecule has 106 valence electrons. The smallest absolute Gasteiger partial charge is 0.347 e. The molecular weight excluding hydrogens is 260 g/mol. The number of aryl methyl sites for hydroxylation is 1. The van der Waals surface area contributed by atoms with Gasteiger partial charge < -0.3 is 10.0 Å². The number of thiazole rings is 1. The first-order valence-electron chi connectivity index (χ1n) is 7.13. The lowest BCUT2D eigenvalue weighted by atomic mass is 9.85. The number of hydrogen-bond acceptors (Lipinski definition) is 4. The molecule has 4 nitrogen and oxygen atoms in total. The van der Waals surface area contributed by atoms with Crippen LogP contribution in [0.1, 0.15) is 54.9 Å². The minimum atomic E-state index is -0.841. The highest BCUT2D eigenvalue weighted by atomic mass is 32.1. The van der Waals surface area contributed by atoms with Crippen LogP contribution in [0.4, 0.5) is 5.13 Å². The molecule has 0 spiro atoms.